The van der Waals surface area contributed by atoms with Crippen LogP contribution in [0.2, 0.25) is 0 Å². The second-order valence-electron chi connectivity index (χ2n) is 2.76. The van der Waals surface area contributed by atoms with Crippen LogP contribution < -0.4 is 15.7 Å². The van der Waals surface area contributed by atoms with Crippen molar-refractivity contribution in [3.8, 4) is 0 Å². The summed E-state index contributed by atoms with van der Waals surface area (Å²) < 4.78 is 19.2. The van der Waals surface area contributed by atoms with Crippen LogP contribution in [0.3, 0.4) is 0 Å². The Hall–Kier alpha value is 0.226. The van der Waals surface area contributed by atoms with Gasteiger partial charge in [0.15, 0.2) is 0 Å². The number of nitrogens with two attached hydrogens (primary N) is 1. The molecule has 9 nitrogen and oxygen atoms in total. The maximum atomic E-state index is 11.0. The maximum absolute atomic E-state index is 11.0. The van der Waals surface area contributed by atoms with Gasteiger partial charge in [0.05, 0.1) is 31.8 Å². The average Bonchev–Trinajstić information content (AvgIpc) is 2.22. The Kier molecular flexibility index (Phi) is 10.6. The first-order valence-electron chi connectivity index (χ1n) is 4.14. The molecule has 2 atom stereocenters. The number of carboxylic acid groups (broad SMARTS) is 1. The summed E-state index contributed by atoms with van der Waals surface area (Å²) in [6.45, 7) is -2.33. The molecule has 17 heavy (non-hydrogen) atoms. The Morgan fingerprint density at radius 3 is 2.24 bits per heavy atom. The predicted molar refractivity (Wildman–Crippen MR) is 51.3 cm³/mol. The molecule has 0 saturated carbocycles. The standard InChI is InChI=1S/C6H14NO8P.Mg/c7-5(6(10)11)3-14-16(12,13)15-4(1-8)2-9;/h4-5,8-9H,1-3,7H2,(H,10,11)(H,12,13);/q;+2/p-2. The number of aliphatic hydroxyl groups is 2. The van der Waals surface area contributed by atoms with E-state index in [1.807, 2.05) is 0 Å². The maximum Gasteiger partial charge on any atom is 2.00 e. The van der Waals surface area contributed by atoms with Crippen LogP contribution in [0, 0.1) is 0 Å². The molecule has 0 aliphatic carbocycles. The minimum Gasteiger partial charge on any atom is -0.756 e. The number of carboxylic acids is 1. The number of aliphatic hydroxyl groups excluding tert-OH is 2. The Labute approximate surface area is 113 Å². The normalized spacial score (nSPS) is 16.1. The number of aliphatic carboxylic acids is 1. The van der Waals surface area contributed by atoms with Crippen molar-refractivity contribution in [3.63, 3.8) is 0 Å². The summed E-state index contributed by atoms with van der Waals surface area (Å²) in [5, 5.41) is 27.2. The first kappa shape index (κ1) is 19.6. The zero-order valence-corrected chi connectivity index (χ0v) is 11.2. The van der Waals surface area contributed by atoms with Gasteiger partial charge in [-0.2, -0.15) is 0 Å². The van der Waals surface area contributed by atoms with Crippen molar-refractivity contribution in [2.75, 3.05) is 19.8 Å². The molecule has 0 aromatic carbocycles. The van der Waals surface area contributed by atoms with Crippen LogP contribution >= 0.6 is 7.82 Å². The van der Waals surface area contributed by atoms with Crippen LogP contribution in [0.4, 0.5) is 0 Å². The molecule has 0 radical (unpaired) electrons. The van der Waals surface area contributed by atoms with Crippen molar-refractivity contribution in [2.24, 2.45) is 5.73 Å². The van der Waals surface area contributed by atoms with Crippen molar-refractivity contribution in [3.05, 3.63) is 0 Å². The smallest absolute Gasteiger partial charge is 0.756 e. The second kappa shape index (κ2) is 9.20. The van der Waals surface area contributed by atoms with E-state index in [1.165, 1.54) is 0 Å². The van der Waals surface area contributed by atoms with Crippen LogP contribution in [-0.4, -0.2) is 71.2 Å². The summed E-state index contributed by atoms with van der Waals surface area (Å²) in [5.74, 6) is -1.68. The third-order valence-electron chi connectivity index (χ3n) is 1.40. The summed E-state index contributed by atoms with van der Waals surface area (Å²) in [7, 11) is -4.82. The number of hydrogen-bond donors (Lipinski definition) is 3. The molecule has 2 unspecified atom stereocenters. The fourth-order valence-corrected chi connectivity index (χ4v) is 1.48. The van der Waals surface area contributed by atoms with E-state index in [4.69, 9.17) is 15.9 Å². The van der Waals surface area contributed by atoms with Gasteiger partial charge in [0.25, 0.3) is 7.82 Å². The number of hydrogen-bond acceptors (Lipinski definition) is 9. The largest absolute Gasteiger partial charge is 2.00 e. The summed E-state index contributed by atoms with van der Waals surface area (Å²) in [6, 6.07) is -1.62. The van der Waals surface area contributed by atoms with E-state index in [1.54, 1.807) is 0 Å². The fourth-order valence-electron chi connectivity index (χ4n) is 0.577. The van der Waals surface area contributed by atoms with Gasteiger partial charge in [0.2, 0.25) is 0 Å². The van der Waals surface area contributed by atoms with Crippen molar-refractivity contribution in [1.29, 1.82) is 0 Å². The number of phosphoric ester groups is 1. The van der Waals surface area contributed by atoms with Gasteiger partial charge >= 0.3 is 23.1 Å². The molecule has 0 amide bonds. The predicted octanol–water partition coefficient (Wildman–Crippen LogP) is -4.46. The SMILES string of the molecule is NC(COP(=O)([O-])OC(CO)CO)C(=O)[O-].[Mg+2]. The van der Waals surface area contributed by atoms with E-state index in [9.17, 15) is 19.4 Å². The monoisotopic (exact) mass is 281 g/mol. The number of phosphoric acid groups is 1. The van der Waals surface area contributed by atoms with Gasteiger partial charge in [0, 0.05) is 0 Å². The molecule has 0 bridgehead atoms. The molecule has 0 aromatic rings. The molecule has 96 valence electrons. The summed E-state index contributed by atoms with van der Waals surface area (Å²) in [4.78, 5) is 21.1. The molecule has 0 aliphatic heterocycles. The topological polar surface area (TPSA) is 165 Å². The average molecular weight is 281 g/mol. The van der Waals surface area contributed by atoms with Gasteiger partial charge in [-0.05, 0) is 0 Å². The first-order chi connectivity index (χ1) is 7.32. The van der Waals surface area contributed by atoms with Gasteiger partial charge in [-0.3, -0.25) is 4.57 Å². The van der Waals surface area contributed by atoms with Crippen LogP contribution in [-0.2, 0) is 18.4 Å². The Balaban J connectivity index is 0. The van der Waals surface area contributed by atoms with Crippen molar-refractivity contribution >= 4 is 36.8 Å². The molecule has 0 fully saturated rings. The van der Waals surface area contributed by atoms with E-state index in [0.29, 0.717) is 0 Å². The van der Waals surface area contributed by atoms with Gasteiger partial charge in [-0.15, -0.1) is 0 Å². The van der Waals surface area contributed by atoms with E-state index in [2.05, 4.69) is 9.05 Å². The van der Waals surface area contributed by atoms with Crippen molar-refractivity contribution in [1.82, 2.24) is 0 Å². The fraction of sp³-hybridized carbons (Fsp3) is 0.833. The molecule has 0 heterocycles. The van der Waals surface area contributed by atoms with E-state index < -0.39 is 45.8 Å². The second-order valence-corrected chi connectivity index (χ2v) is 4.12. The zero-order chi connectivity index (χ0) is 12.8. The molecule has 11 heteroatoms. The number of carbonyl (C=O) groups is 1. The van der Waals surface area contributed by atoms with E-state index in [0.717, 1.165) is 0 Å². The minimum absolute atomic E-state index is 0. The molecule has 0 saturated heterocycles. The first-order valence-corrected chi connectivity index (χ1v) is 5.60. The van der Waals surface area contributed by atoms with Gasteiger partial charge < -0.3 is 39.8 Å². The molecule has 0 spiro atoms. The van der Waals surface area contributed by atoms with Crippen LogP contribution in [0.5, 0.6) is 0 Å². The van der Waals surface area contributed by atoms with Gasteiger partial charge in [-0.1, -0.05) is 0 Å². The van der Waals surface area contributed by atoms with E-state index >= 15 is 0 Å². The van der Waals surface area contributed by atoms with Gasteiger partial charge in [0.1, 0.15) is 6.10 Å². The Bertz CT molecular complexity index is 273. The third-order valence-corrected chi connectivity index (χ3v) is 2.42. The van der Waals surface area contributed by atoms with Gasteiger partial charge in [-0.25, -0.2) is 0 Å². The summed E-state index contributed by atoms with van der Waals surface area (Å²) in [5.41, 5.74) is 4.92. The Morgan fingerprint density at radius 2 is 1.88 bits per heavy atom. The molecule has 4 N–H and O–H groups in total. The molecule has 0 rings (SSSR count). The molecule has 0 aliphatic rings. The molecule has 0 aromatic heterocycles. The van der Waals surface area contributed by atoms with Crippen LogP contribution in [0.25, 0.3) is 0 Å². The molecular formula is C6H12MgNO8P. The number of carbonyl (C=O) groups excluding carboxylic acids is 1. The van der Waals surface area contributed by atoms with Crippen molar-refractivity contribution in [2.45, 2.75) is 12.1 Å². The number of rotatable bonds is 8. The molecular weight excluding hydrogens is 269 g/mol. The van der Waals surface area contributed by atoms with Crippen LogP contribution in [0.15, 0.2) is 0 Å². The summed E-state index contributed by atoms with van der Waals surface area (Å²) >= 11 is 0. The van der Waals surface area contributed by atoms with Crippen molar-refractivity contribution < 1.29 is 38.6 Å². The quantitative estimate of drug-likeness (QED) is 0.294. The summed E-state index contributed by atoms with van der Waals surface area (Å²) in [6.07, 6.45) is -1.36. The third kappa shape index (κ3) is 8.88. The van der Waals surface area contributed by atoms with Crippen LogP contribution in [0.1, 0.15) is 0 Å². The Morgan fingerprint density at radius 1 is 1.41 bits per heavy atom. The zero-order valence-electron chi connectivity index (χ0n) is 8.85. The minimum atomic E-state index is -4.82. The van der Waals surface area contributed by atoms with E-state index in [-0.39, 0.29) is 23.1 Å².